The molecule has 36 heavy (non-hydrogen) atoms. The van der Waals surface area contributed by atoms with Gasteiger partial charge in [-0.15, -0.1) is 0 Å². The molecule has 0 atom stereocenters. The fraction of sp³-hybridized carbons (Fsp3) is 0.520. The Morgan fingerprint density at radius 2 is 1.89 bits per heavy atom. The number of aromatic amines is 1. The summed E-state index contributed by atoms with van der Waals surface area (Å²) in [5.74, 6) is 0.159. The van der Waals surface area contributed by atoms with Crippen LogP contribution in [0.5, 0.6) is 0 Å². The van der Waals surface area contributed by atoms with Crippen molar-refractivity contribution in [3.8, 4) is 11.3 Å². The van der Waals surface area contributed by atoms with Gasteiger partial charge in [0.05, 0.1) is 35.7 Å². The van der Waals surface area contributed by atoms with E-state index in [1.165, 1.54) is 0 Å². The molecule has 2 fully saturated rings. The topological polar surface area (TPSA) is 146 Å². The first-order valence-electron chi connectivity index (χ1n) is 12.7. The maximum Gasteiger partial charge on any atom is 0.333 e. The van der Waals surface area contributed by atoms with Gasteiger partial charge in [-0.3, -0.25) is 20.1 Å². The summed E-state index contributed by atoms with van der Waals surface area (Å²) in [5.41, 5.74) is 12.0. The zero-order chi connectivity index (χ0) is 25.1. The fourth-order valence-corrected chi connectivity index (χ4v) is 5.26. The quantitative estimate of drug-likeness (QED) is 0.366. The molecule has 11 nitrogen and oxygen atoms in total. The van der Waals surface area contributed by atoms with Crippen LogP contribution >= 0.6 is 0 Å². The van der Waals surface area contributed by atoms with E-state index in [2.05, 4.69) is 20.9 Å². The lowest BCUT2D eigenvalue weighted by atomic mass is 9.90. The zero-order valence-corrected chi connectivity index (χ0v) is 20.3. The number of amides is 3. The highest BCUT2D eigenvalue weighted by Crippen LogP contribution is 2.43. The third-order valence-corrected chi connectivity index (χ3v) is 7.19. The van der Waals surface area contributed by atoms with Crippen LogP contribution in [0.1, 0.15) is 59.6 Å². The Kier molecular flexibility index (Phi) is 7.30. The Labute approximate surface area is 209 Å². The number of unbranched alkanes of at least 4 members (excludes halogenated alkanes) is 1. The smallest absolute Gasteiger partial charge is 0.333 e. The van der Waals surface area contributed by atoms with Crippen LogP contribution in [0.15, 0.2) is 18.2 Å². The van der Waals surface area contributed by atoms with Crippen LogP contribution in [0.25, 0.3) is 11.3 Å². The zero-order valence-electron chi connectivity index (χ0n) is 20.3. The van der Waals surface area contributed by atoms with Gasteiger partial charge in [-0.05, 0) is 38.3 Å². The average molecular weight is 496 g/mol. The molecular formula is C25H33N7O4. The molecule has 1 aliphatic carbocycles. The summed E-state index contributed by atoms with van der Waals surface area (Å²) in [7, 11) is 0. The number of hydrogen-bond acceptors (Lipinski definition) is 7. The number of carbonyl (C=O) groups excluding carboxylic acids is 3. The fourth-order valence-electron chi connectivity index (χ4n) is 5.26. The SMILES string of the molecule is NCCCCC(=O)N1CCC(c2[nH]nc3c2C(=O)c2c(NC(=O)NN4CCOCC4)cccc2-3)CC1. The molecule has 5 N–H and O–H groups in total. The number of rotatable bonds is 7. The first-order chi connectivity index (χ1) is 17.6. The van der Waals surface area contributed by atoms with Gasteiger partial charge in [0.25, 0.3) is 0 Å². The number of H-pyrrole nitrogens is 1. The number of nitrogens with zero attached hydrogens (tertiary/aromatic N) is 3. The summed E-state index contributed by atoms with van der Waals surface area (Å²) < 4.78 is 5.31. The number of hydrogen-bond donors (Lipinski definition) is 4. The number of fused-ring (bicyclic) bond motifs is 3. The van der Waals surface area contributed by atoms with Crippen molar-refractivity contribution in [3.05, 3.63) is 35.0 Å². The van der Waals surface area contributed by atoms with E-state index in [1.54, 1.807) is 11.1 Å². The molecule has 3 aliphatic rings. The van der Waals surface area contributed by atoms with Crippen LogP contribution < -0.4 is 16.5 Å². The normalized spacial score (nSPS) is 18.1. The Bertz CT molecular complexity index is 1130. The molecule has 0 saturated carbocycles. The Balaban J connectivity index is 1.26. The highest BCUT2D eigenvalue weighted by Gasteiger charge is 2.37. The van der Waals surface area contributed by atoms with Crippen LogP contribution in [-0.4, -0.2) is 83.8 Å². The minimum absolute atomic E-state index is 0.119. The predicted octanol–water partition coefficient (Wildman–Crippen LogP) is 1.82. The maximum atomic E-state index is 13.6. The number of morpholine rings is 1. The van der Waals surface area contributed by atoms with Crippen molar-refractivity contribution < 1.29 is 19.1 Å². The molecule has 0 bridgehead atoms. The van der Waals surface area contributed by atoms with Crippen LogP contribution in [0.3, 0.4) is 0 Å². The lowest BCUT2D eigenvalue weighted by Crippen LogP contribution is -2.49. The molecule has 3 heterocycles. The number of nitrogens with two attached hydrogens (primary N) is 1. The van der Waals surface area contributed by atoms with Gasteiger partial charge in [0.2, 0.25) is 5.91 Å². The van der Waals surface area contributed by atoms with Gasteiger partial charge >= 0.3 is 6.03 Å². The number of aromatic nitrogens is 2. The summed E-state index contributed by atoms with van der Waals surface area (Å²) in [6, 6.07) is 5.01. The van der Waals surface area contributed by atoms with Gasteiger partial charge in [0.15, 0.2) is 5.78 Å². The van der Waals surface area contributed by atoms with E-state index in [0.29, 0.717) is 80.4 Å². The lowest BCUT2D eigenvalue weighted by molar-refractivity contribution is -0.132. The molecule has 2 saturated heterocycles. The molecule has 192 valence electrons. The third-order valence-electron chi connectivity index (χ3n) is 7.19. The number of nitrogens with one attached hydrogen (secondary N) is 3. The van der Waals surface area contributed by atoms with Crippen molar-refractivity contribution in [2.24, 2.45) is 5.73 Å². The average Bonchev–Trinajstić information content (AvgIpc) is 3.45. The second-order valence-electron chi connectivity index (χ2n) is 9.48. The monoisotopic (exact) mass is 495 g/mol. The summed E-state index contributed by atoms with van der Waals surface area (Å²) in [5, 5.41) is 12.2. The van der Waals surface area contributed by atoms with Gasteiger partial charge in [-0.2, -0.15) is 5.10 Å². The van der Waals surface area contributed by atoms with E-state index in [-0.39, 0.29) is 17.6 Å². The lowest BCUT2D eigenvalue weighted by Gasteiger charge is -2.32. The third kappa shape index (κ3) is 4.86. The largest absolute Gasteiger partial charge is 0.379 e. The Morgan fingerprint density at radius 1 is 1.11 bits per heavy atom. The van der Waals surface area contributed by atoms with E-state index in [0.717, 1.165) is 31.4 Å². The van der Waals surface area contributed by atoms with Crippen LogP contribution in [0.2, 0.25) is 0 Å². The summed E-state index contributed by atoms with van der Waals surface area (Å²) in [4.78, 5) is 40.6. The second-order valence-corrected chi connectivity index (χ2v) is 9.48. The van der Waals surface area contributed by atoms with E-state index >= 15 is 0 Å². The predicted molar refractivity (Wildman–Crippen MR) is 133 cm³/mol. The van der Waals surface area contributed by atoms with E-state index < -0.39 is 6.03 Å². The highest BCUT2D eigenvalue weighted by atomic mass is 16.5. The number of anilines is 1. The molecule has 3 amide bonds. The van der Waals surface area contributed by atoms with E-state index in [9.17, 15) is 14.4 Å². The molecule has 1 aromatic heterocycles. The van der Waals surface area contributed by atoms with Crippen LogP contribution in [-0.2, 0) is 9.53 Å². The highest BCUT2D eigenvalue weighted by molar-refractivity contribution is 6.25. The maximum absolute atomic E-state index is 13.6. The second kappa shape index (κ2) is 10.8. The minimum atomic E-state index is -0.395. The summed E-state index contributed by atoms with van der Waals surface area (Å²) in [6.45, 7) is 4.26. The summed E-state index contributed by atoms with van der Waals surface area (Å²) >= 11 is 0. The molecule has 0 unspecified atom stereocenters. The molecule has 0 spiro atoms. The van der Waals surface area contributed by atoms with Crippen LogP contribution in [0, 0.1) is 0 Å². The first-order valence-corrected chi connectivity index (χ1v) is 12.7. The molecule has 5 rings (SSSR count). The van der Waals surface area contributed by atoms with Gasteiger partial charge < -0.3 is 20.7 Å². The number of urea groups is 1. The number of carbonyl (C=O) groups is 3. The molecule has 0 radical (unpaired) electrons. The standard InChI is InChI=1S/C25H33N7O4/c26-9-2-1-6-19(33)31-10-7-16(8-11-31)22-21-23(29-28-22)17-4-3-5-18(20(17)24(21)34)27-25(35)30-32-12-14-36-15-13-32/h3-5,16H,1-2,6-15,26H2,(H,28,29)(H2,27,30,35). The van der Waals surface area contributed by atoms with Crippen LogP contribution in [0.4, 0.5) is 10.5 Å². The number of likely N-dealkylation sites (tertiary alicyclic amines) is 1. The first kappa shape index (κ1) is 24.4. The van der Waals surface area contributed by atoms with Crippen molar-refractivity contribution >= 4 is 23.4 Å². The minimum Gasteiger partial charge on any atom is -0.379 e. The van der Waals surface area contributed by atoms with E-state index in [1.807, 2.05) is 17.0 Å². The van der Waals surface area contributed by atoms with Gasteiger partial charge in [0, 0.05) is 44.1 Å². The Morgan fingerprint density at radius 3 is 2.64 bits per heavy atom. The number of hydrazine groups is 1. The number of ether oxygens (including phenoxy) is 1. The van der Waals surface area contributed by atoms with Gasteiger partial charge in [0.1, 0.15) is 5.69 Å². The summed E-state index contributed by atoms with van der Waals surface area (Å²) in [6.07, 6.45) is 3.75. The molecule has 1 aromatic carbocycles. The van der Waals surface area contributed by atoms with Gasteiger partial charge in [-0.25, -0.2) is 9.80 Å². The van der Waals surface area contributed by atoms with E-state index in [4.69, 9.17) is 10.5 Å². The van der Waals surface area contributed by atoms with Crippen molar-refractivity contribution in [2.45, 2.75) is 38.0 Å². The van der Waals surface area contributed by atoms with Crippen molar-refractivity contribution in [3.63, 3.8) is 0 Å². The molecule has 2 aromatic rings. The number of ketones is 1. The number of piperidine rings is 1. The Hall–Kier alpha value is -3.28. The van der Waals surface area contributed by atoms with Crippen molar-refractivity contribution in [1.82, 2.24) is 25.5 Å². The molecule has 11 heteroatoms. The molecule has 2 aliphatic heterocycles. The van der Waals surface area contributed by atoms with Gasteiger partial charge in [-0.1, -0.05) is 12.1 Å². The number of benzene rings is 1. The van der Waals surface area contributed by atoms with Crippen molar-refractivity contribution in [2.75, 3.05) is 51.3 Å². The molecular weight excluding hydrogens is 462 g/mol. The van der Waals surface area contributed by atoms with Crippen molar-refractivity contribution in [1.29, 1.82) is 0 Å².